The van der Waals surface area contributed by atoms with Gasteiger partial charge >= 0.3 is 0 Å². The van der Waals surface area contributed by atoms with Gasteiger partial charge in [-0.2, -0.15) is 0 Å². The standard InChI is InChI=1S/C15H18N2O4S2/c1-11-4-7-13(22-11)10-16-15(18)12-5-8-14(9-6-12)23(19,20)17(2)21-3/h4-9H,10H2,1-3H3,(H,16,18). The molecule has 1 N–H and O–H groups in total. The molecule has 6 nitrogen and oxygen atoms in total. The Morgan fingerprint density at radius 2 is 1.87 bits per heavy atom. The zero-order chi connectivity index (χ0) is 17.0. The van der Waals surface area contributed by atoms with Gasteiger partial charge in [-0.05, 0) is 43.3 Å². The highest BCUT2D eigenvalue weighted by Gasteiger charge is 2.20. The fraction of sp³-hybridized carbons (Fsp3) is 0.267. The lowest BCUT2D eigenvalue weighted by Crippen LogP contribution is -2.26. The molecule has 0 bridgehead atoms. The lowest BCUT2D eigenvalue weighted by molar-refractivity contribution is -0.0258. The Bertz CT molecular complexity index is 782. The summed E-state index contributed by atoms with van der Waals surface area (Å²) < 4.78 is 24.9. The van der Waals surface area contributed by atoms with E-state index in [0.29, 0.717) is 12.1 Å². The van der Waals surface area contributed by atoms with Gasteiger partial charge in [0.1, 0.15) is 0 Å². The minimum absolute atomic E-state index is 0.0623. The van der Waals surface area contributed by atoms with Crippen LogP contribution in [0.4, 0.5) is 0 Å². The molecule has 0 aliphatic carbocycles. The number of sulfonamides is 1. The lowest BCUT2D eigenvalue weighted by atomic mass is 10.2. The van der Waals surface area contributed by atoms with E-state index < -0.39 is 10.0 Å². The summed E-state index contributed by atoms with van der Waals surface area (Å²) in [6.45, 7) is 2.45. The molecule has 0 aliphatic rings. The van der Waals surface area contributed by atoms with Crippen molar-refractivity contribution in [2.75, 3.05) is 14.2 Å². The fourth-order valence-corrected chi connectivity index (χ4v) is 3.68. The Balaban J connectivity index is 2.05. The van der Waals surface area contributed by atoms with Crippen molar-refractivity contribution in [3.05, 3.63) is 51.7 Å². The number of rotatable bonds is 6. The highest BCUT2D eigenvalue weighted by atomic mass is 32.2. The number of hydrogen-bond donors (Lipinski definition) is 1. The summed E-state index contributed by atoms with van der Waals surface area (Å²) in [4.78, 5) is 19.1. The number of benzene rings is 1. The Morgan fingerprint density at radius 1 is 1.22 bits per heavy atom. The first-order valence-corrected chi connectivity index (χ1v) is 9.07. The molecular weight excluding hydrogens is 336 g/mol. The Labute approximate surface area is 139 Å². The summed E-state index contributed by atoms with van der Waals surface area (Å²) in [5, 5.41) is 2.81. The first-order valence-electron chi connectivity index (χ1n) is 6.81. The topological polar surface area (TPSA) is 75.7 Å². The molecule has 1 aromatic heterocycles. The number of hydrogen-bond acceptors (Lipinski definition) is 5. The van der Waals surface area contributed by atoms with Crippen LogP contribution in [0.2, 0.25) is 0 Å². The van der Waals surface area contributed by atoms with Crippen LogP contribution in [0.25, 0.3) is 0 Å². The van der Waals surface area contributed by atoms with Crippen LogP contribution in [0.1, 0.15) is 20.1 Å². The summed E-state index contributed by atoms with van der Waals surface area (Å²) >= 11 is 1.62. The van der Waals surface area contributed by atoms with E-state index in [1.165, 1.54) is 43.3 Å². The van der Waals surface area contributed by atoms with Crippen LogP contribution < -0.4 is 5.32 Å². The van der Waals surface area contributed by atoms with Crippen LogP contribution in [-0.4, -0.2) is 33.0 Å². The maximum atomic E-state index is 12.1. The molecular formula is C15H18N2O4S2. The molecule has 0 saturated carbocycles. The normalized spacial score (nSPS) is 11.7. The van der Waals surface area contributed by atoms with Crippen molar-refractivity contribution in [1.82, 2.24) is 9.79 Å². The van der Waals surface area contributed by atoms with Gasteiger partial charge in [0.05, 0.1) is 18.6 Å². The van der Waals surface area contributed by atoms with Gasteiger partial charge in [0.2, 0.25) is 0 Å². The Morgan fingerprint density at radius 3 is 2.39 bits per heavy atom. The zero-order valence-corrected chi connectivity index (χ0v) is 14.7. The molecule has 0 spiro atoms. The first-order chi connectivity index (χ1) is 10.8. The minimum atomic E-state index is -3.70. The van der Waals surface area contributed by atoms with Crippen LogP contribution in [0.3, 0.4) is 0 Å². The van der Waals surface area contributed by atoms with Gasteiger partial charge in [0, 0.05) is 22.4 Å². The van der Waals surface area contributed by atoms with Crippen molar-refractivity contribution in [1.29, 1.82) is 0 Å². The number of amides is 1. The molecule has 0 aliphatic heterocycles. The van der Waals surface area contributed by atoms with E-state index in [2.05, 4.69) is 5.32 Å². The molecule has 0 fully saturated rings. The van der Waals surface area contributed by atoms with E-state index in [0.717, 1.165) is 9.35 Å². The number of nitrogens with zero attached hydrogens (tertiary/aromatic N) is 1. The number of hydroxylamine groups is 1. The van der Waals surface area contributed by atoms with E-state index in [-0.39, 0.29) is 10.8 Å². The molecule has 1 amide bonds. The summed E-state index contributed by atoms with van der Waals surface area (Å²) in [6, 6.07) is 9.69. The van der Waals surface area contributed by atoms with Gasteiger partial charge in [-0.15, -0.1) is 11.3 Å². The summed E-state index contributed by atoms with van der Waals surface area (Å²) in [5.41, 5.74) is 0.400. The van der Waals surface area contributed by atoms with E-state index in [4.69, 9.17) is 4.84 Å². The number of thiophene rings is 1. The molecule has 124 valence electrons. The second-order valence-corrected chi connectivity index (χ2v) is 8.12. The summed E-state index contributed by atoms with van der Waals surface area (Å²) in [5.74, 6) is -0.250. The maximum Gasteiger partial charge on any atom is 0.264 e. The molecule has 0 saturated heterocycles. The molecule has 1 heterocycles. The van der Waals surface area contributed by atoms with Crippen molar-refractivity contribution in [2.45, 2.75) is 18.4 Å². The monoisotopic (exact) mass is 354 g/mol. The summed E-state index contributed by atoms with van der Waals surface area (Å²) in [7, 11) is -1.13. The third kappa shape index (κ3) is 4.17. The van der Waals surface area contributed by atoms with Crippen LogP contribution in [0.15, 0.2) is 41.3 Å². The van der Waals surface area contributed by atoms with E-state index in [1.54, 1.807) is 11.3 Å². The molecule has 0 atom stereocenters. The highest BCUT2D eigenvalue weighted by molar-refractivity contribution is 7.89. The van der Waals surface area contributed by atoms with Crippen molar-refractivity contribution in [2.24, 2.45) is 0 Å². The third-order valence-electron chi connectivity index (χ3n) is 3.23. The van der Waals surface area contributed by atoms with Crippen molar-refractivity contribution >= 4 is 27.3 Å². The van der Waals surface area contributed by atoms with Gasteiger partial charge in [-0.1, -0.05) is 4.47 Å². The van der Waals surface area contributed by atoms with Crippen LogP contribution in [0.5, 0.6) is 0 Å². The van der Waals surface area contributed by atoms with Crippen molar-refractivity contribution in [3.8, 4) is 0 Å². The predicted molar refractivity (Wildman–Crippen MR) is 88.6 cm³/mol. The molecule has 2 aromatic rings. The smallest absolute Gasteiger partial charge is 0.264 e. The van der Waals surface area contributed by atoms with E-state index in [9.17, 15) is 13.2 Å². The SMILES string of the molecule is CON(C)S(=O)(=O)c1ccc(C(=O)NCc2ccc(C)s2)cc1. The van der Waals surface area contributed by atoms with Crippen molar-refractivity contribution in [3.63, 3.8) is 0 Å². The fourth-order valence-electron chi connectivity index (χ4n) is 1.87. The van der Waals surface area contributed by atoms with Gasteiger partial charge in [0.25, 0.3) is 15.9 Å². The summed E-state index contributed by atoms with van der Waals surface area (Å²) in [6.07, 6.45) is 0. The van der Waals surface area contributed by atoms with Gasteiger partial charge in [-0.25, -0.2) is 8.42 Å². The molecule has 2 rings (SSSR count). The first kappa shape index (κ1) is 17.6. The lowest BCUT2D eigenvalue weighted by Gasteiger charge is -2.14. The predicted octanol–water partition coefficient (Wildman–Crippen LogP) is 2.17. The third-order valence-corrected chi connectivity index (χ3v) is 5.92. The second-order valence-electron chi connectivity index (χ2n) is 4.82. The second kappa shape index (κ2) is 7.22. The number of carbonyl (C=O) groups is 1. The Hall–Kier alpha value is -1.74. The van der Waals surface area contributed by atoms with Crippen LogP contribution in [-0.2, 0) is 21.4 Å². The van der Waals surface area contributed by atoms with E-state index >= 15 is 0 Å². The van der Waals surface area contributed by atoms with Crippen LogP contribution in [0, 0.1) is 6.92 Å². The van der Waals surface area contributed by atoms with Crippen LogP contribution >= 0.6 is 11.3 Å². The number of aryl methyl sites for hydroxylation is 1. The van der Waals surface area contributed by atoms with Crippen molar-refractivity contribution < 1.29 is 18.0 Å². The maximum absolute atomic E-state index is 12.1. The molecule has 8 heteroatoms. The van der Waals surface area contributed by atoms with Gasteiger partial charge < -0.3 is 5.32 Å². The quantitative estimate of drug-likeness (QED) is 0.807. The van der Waals surface area contributed by atoms with Gasteiger partial charge in [0.15, 0.2) is 0 Å². The molecule has 23 heavy (non-hydrogen) atoms. The minimum Gasteiger partial charge on any atom is -0.347 e. The average Bonchev–Trinajstić information content (AvgIpc) is 2.97. The molecule has 1 aromatic carbocycles. The van der Waals surface area contributed by atoms with E-state index in [1.807, 2.05) is 19.1 Å². The van der Waals surface area contributed by atoms with Gasteiger partial charge in [-0.3, -0.25) is 9.63 Å². The molecule has 0 radical (unpaired) electrons. The highest BCUT2D eigenvalue weighted by Crippen LogP contribution is 2.16. The largest absolute Gasteiger partial charge is 0.347 e. The zero-order valence-electron chi connectivity index (χ0n) is 13.1. The number of carbonyl (C=O) groups excluding carboxylic acids is 1. The Kier molecular flexibility index (Phi) is 5.53. The number of nitrogens with one attached hydrogen (secondary N) is 1. The molecule has 0 unspecified atom stereocenters. The average molecular weight is 354 g/mol.